The molecule has 0 spiro atoms. The molecule has 7 nitrogen and oxygen atoms in total. The highest BCUT2D eigenvalue weighted by molar-refractivity contribution is 7.99. The zero-order valence-electron chi connectivity index (χ0n) is 15.4. The van der Waals surface area contributed by atoms with Gasteiger partial charge in [-0.05, 0) is 50.4 Å². The van der Waals surface area contributed by atoms with Crippen LogP contribution < -0.4 is 4.90 Å². The highest BCUT2D eigenvalue weighted by Gasteiger charge is 2.22. The minimum atomic E-state index is 0.0597. The third-order valence-corrected chi connectivity index (χ3v) is 4.91. The molecule has 0 amide bonds. The Bertz CT molecular complexity index is 1010. The first-order valence-corrected chi connectivity index (χ1v) is 9.86. The molecule has 27 heavy (non-hydrogen) atoms. The standard InChI is InChI=1S/C18H20ClN5O2S/c1-18(2,3)27-21-10-11-8-12-13-14(26-16(12)20-9-11)15(23-17(19)22-13)24-4-6-25-7-5-24/h8-10H,4-7H2,1-3H3. The van der Waals surface area contributed by atoms with E-state index in [0.29, 0.717) is 35.8 Å². The van der Waals surface area contributed by atoms with Gasteiger partial charge < -0.3 is 14.1 Å². The lowest BCUT2D eigenvalue weighted by atomic mass is 10.2. The first kappa shape index (κ1) is 18.5. The maximum atomic E-state index is 6.20. The van der Waals surface area contributed by atoms with Crippen molar-refractivity contribution >= 4 is 57.8 Å². The van der Waals surface area contributed by atoms with E-state index in [9.17, 15) is 0 Å². The van der Waals surface area contributed by atoms with E-state index in [-0.39, 0.29) is 10.0 Å². The van der Waals surface area contributed by atoms with E-state index < -0.39 is 0 Å². The van der Waals surface area contributed by atoms with E-state index in [1.165, 1.54) is 11.9 Å². The van der Waals surface area contributed by atoms with Crippen LogP contribution in [0.25, 0.3) is 22.2 Å². The lowest BCUT2D eigenvalue weighted by molar-refractivity contribution is 0.122. The lowest BCUT2D eigenvalue weighted by Gasteiger charge is -2.27. The Morgan fingerprint density at radius 3 is 2.78 bits per heavy atom. The first-order valence-electron chi connectivity index (χ1n) is 8.71. The zero-order valence-corrected chi connectivity index (χ0v) is 17.0. The van der Waals surface area contributed by atoms with Crippen LogP contribution in [0.1, 0.15) is 26.3 Å². The number of ether oxygens (including phenoxy) is 1. The second kappa shape index (κ2) is 7.26. The summed E-state index contributed by atoms with van der Waals surface area (Å²) in [6.45, 7) is 9.11. The number of pyridine rings is 1. The number of aromatic nitrogens is 3. The van der Waals surface area contributed by atoms with Crippen LogP contribution in [0.4, 0.5) is 5.82 Å². The summed E-state index contributed by atoms with van der Waals surface area (Å²) in [4.78, 5) is 15.3. The van der Waals surface area contributed by atoms with E-state index in [0.717, 1.165) is 24.0 Å². The number of rotatable bonds is 3. The number of anilines is 1. The Balaban J connectivity index is 1.77. The van der Waals surface area contributed by atoms with Gasteiger partial charge in [0, 0.05) is 35.8 Å². The van der Waals surface area contributed by atoms with Crippen LogP contribution in [-0.2, 0) is 4.74 Å². The number of morpholine rings is 1. The Labute approximate surface area is 166 Å². The normalized spacial score (nSPS) is 16.1. The molecule has 0 aromatic carbocycles. The molecule has 0 unspecified atom stereocenters. The second-order valence-electron chi connectivity index (χ2n) is 7.25. The maximum Gasteiger partial charge on any atom is 0.229 e. The first-order chi connectivity index (χ1) is 12.9. The van der Waals surface area contributed by atoms with Crippen LogP contribution in [0, 0.1) is 0 Å². The van der Waals surface area contributed by atoms with Gasteiger partial charge in [-0.15, -0.1) is 0 Å². The van der Waals surface area contributed by atoms with Crippen molar-refractivity contribution in [2.24, 2.45) is 4.40 Å². The van der Waals surface area contributed by atoms with Gasteiger partial charge in [0.1, 0.15) is 5.52 Å². The average molecular weight is 406 g/mol. The van der Waals surface area contributed by atoms with E-state index in [1.807, 2.05) is 6.07 Å². The topological polar surface area (TPSA) is 76.6 Å². The van der Waals surface area contributed by atoms with Crippen LogP contribution in [0.2, 0.25) is 5.28 Å². The summed E-state index contributed by atoms with van der Waals surface area (Å²) < 4.78 is 15.9. The Kier molecular flexibility index (Phi) is 4.96. The Hall–Kier alpha value is -1.90. The number of nitrogens with zero attached hydrogens (tertiary/aromatic N) is 5. The maximum absolute atomic E-state index is 6.20. The molecule has 9 heteroatoms. The quantitative estimate of drug-likeness (QED) is 0.368. The van der Waals surface area contributed by atoms with Crippen molar-refractivity contribution in [3.8, 4) is 0 Å². The van der Waals surface area contributed by atoms with Gasteiger partial charge in [-0.25, -0.2) is 14.4 Å². The highest BCUT2D eigenvalue weighted by Crippen LogP contribution is 2.33. The van der Waals surface area contributed by atoms with E-state index in [2.05, 4.69) is 45.0 Å². The molecule has 0 saturated carbocycles. The summed E-state index contributed by atoms with van der Waals surface area (Å²) in [5, 5.41) is 0.988. The molecule has 0 N–H and O–H groups in total. The van der Waals surface area contributed by atoms with Gasteiger partial charge in [0.2, 0.25) is 11.0 Å². The SMILES string of the molecule is CC(C)(C)SN=Cc1cnc2oc3c(N4CCOCC4)nc(Cl)nc3c2c1. The number of fused-ring (bicyclic) bond motifs is 3. The van der Waals surface area contributed by atoms with Crippen molar-refractivity contribution in [1.29, 1.82) is 0 Å². The average Bonchev–Trinajstić information content (AvgIpc) is 2.99. The third kappa shape index (κ3) is 4.02. The van der Waals surface area contributed by atoms with Crippen LogP contribution in [0.5, 0.6) is 0 Å². The predicted molar refractivity (Wildman–Crippen MR) is 110 cm³/mol. The largest absolute Gasteiger partial charge is 0.432 e. The van der Waals surface area contributed by atoms with Gasteiger partial charge in [0.05, 0.1) is 18.6 Å². The summed E-state index contributed by atoms with van der Waals surface area (Å²) in [5.41, 5.74) is 2.65. The number of furan rings is 1. The van der Waals surface area contributed by atoms with Crippen LogP contribution in [0.3, 0.4) is 0 Å². The molecular formula is C18H20ClN5O2S. The minimum absolute atomic E-state index is 0.0597. The van der Waals surface area contributed by atoms with Gasteiger partial charge in [-0.2, -0.15) is 4.98 Å². The van der Waals surface area contributed by atoms with Crippen molar-refractivity contribution in [3.63, 3.8) is 0 Å². The van der Waals surface area contributed by atoms with Crippen molar-refractivity contribution in [2.45, 2.75) is 25.5 Å². The third-order valence-electron chi connectivity index (χ3n) is 3.99. The molecule has 4 heterocycles. The molecule has 1 fully saturated rings. The zero-order chi connectivity index (χ0) is 19.0. The number of halogens is 1. The van der Waals surface area contributed by atoms with E-state index in [1.54, 1.807) is 12.4 Å². The highest BCUT2D eigenvalue weighted by atomic mass is 35.5. The van der Waals surface area contributed by atoms with Crippen molar-refractivity contribution in [3.05, 3.63) is 23.1 Å². The molecule has 0 aliphatic carbocycles. The second-order valence-corrected chi connectivity index (χ2v) is 9.21. The molecule has 0 radical (unpaired) electrons. The Morgan fingerprint density at radius 1 is 1.26 bits per heavy atom. The van der Waals surface area contributed by atoms with Gasteiger partial charge >= 0.3 is 0 Å². The molecule has 4 rings (SSSR count). The fourth-order valence-corrected chi connectivity index (χ4v) is 3.47. The fraction of sp³-hybridized carbons (Fsp3) is 0.444. The molecule has 3 aromatic heterocycles. The molecule has 0 bridgehead atoms. The van der Waals surface area contributed by atoms with Crippen molar-refractivity contribution < 1.29 is 9.15 Å². The Morgan fingerprint density at radius 2 is 2.04 bits per heavy atom. The van der Waals surface area contributed by atoms with Crippen molar-refractivity contribution in [1.82, 2.24) is 15.0 Å². The molecule has 1 saturated heterocycles. The van der Waals surface area contributed by atoms with Gasteiger partial charge in [-0.1, -0.05) is 0 Å². The fourth-order valence-electron chi connectivity index (χ4n) is 2.81. The smallest absolute Gasteiger partial charge is 0.229 e. The summed E-state index contributed by atoms with van der Waals surface area (Å²) in [6.07, 6.45) is 3.54. The van der Waals surface area contributed by atoms with Crippen LogP contribution in [-0.4, -0.2) is 52.2 Å². The predicted octanol–water partition coefficient (Wildman–Crippen LogP) is 4.13. The molecule has 1 aliphatic rings. The van der Waals surface area contributed by atoms with Crippen LogP contribution in [0.15, 0.2) is 21.1 Å². The van der Waals surface area contributed by atoms with Gasteiger partial charge in [0.25, 0.3) is 0 Å². The van der Waals surface area contributed by atoms with Crippen molar-refractivity contribution in [2.75, 3.05) is 31.2 Å². The lowest BCUT2D eigenvalue weighted by Crippen LogP contribution is -2.36. The number of hydrogen-bond donors (Lipinski definition) is 0. The summed E-state index contributed by atoms with van der Waals surface area (Å²) >= 11 is 7.72. The molecule has 3 aromatic rings. The summed E-state index contributed by atoms with van der Waals surface area (Å²) in [7, 11) is 0. The minimum Gasteiger partial charge on any atom is -0.432 e. The van der Waals surface area contributed by atoms with Crippen LogP contribution >= 0.6 is 23.5 Å². The number of hydrogen-bond acceptors (Lipinski definition) is 8. The summed E-state index contributed by atoms with van der Waals surface area (Å²) in [5.74, 6) is 0.685. The van der Waals surface area contributed by atoms with Gasteiger partial charge in [0.15, 0.2) is 11.4 Å². The van der Waals surface area contributed by atoms with Gasteiger partial charge in [-0.3, -0.25) is 0 Å². The molecule has 0 atom stereocenters. The summed E-state index contributed by atoms with van der Waals surface area (Å²) in [6, 6.07) is 1.97. The molecule has 1 aliphatic heterocycles. The van der Waals surface area contributed by atoms with E-state index >= 15 is 0 Å². The molecule has 142 valence electrons. The monoisotopic (exact) mass is 405 g/mol. The van der Waals surface area contributed by atoms with E-state index in [4.69, 9.17) is 20.8 Å². The molecular weight excluding hydrogens is 386 g/mol.